The van der Waals surface area contributed by atoms with Crippen LogP contribution in [0.15, 0.2) is 41.5 Å². The van der Waals surface area contributed by atoms with Gasteiger partial charge in [0.25, 0.3) is 0 Å². The number of guanidine groups is 1. The molecule has 2 aromatic rings. The lowest BCUT2D eigenvalue weighted by molar-refractivity contribution is -0.138. The summed E-state index contributed by atoms with van der Waals surface area (Å²) in [5.41, 5.74) is 17.8. The number of aryl methyl sites for hydroxylation is 2. The Morgan fingerprint density at radius 3 is 2.02 bits per heavy atom. The second-order valence-corrected chi connectivity index (χ2v) is 10.6. The number of benzene rings is 1. The summed E-state index contributed by atoms with van der Waals surface area (Å²) < 4.78 is 0.692. The number of carbonyl (C=O) groups excluding carboxylic acids is 3. The van der Waals surface area contributed by atoms with Crippen LogP contribution < -0.4 is 38.5 Å². The molecule has 16 heteroatoms. The molecule has 13 N–H and O–H groups in total. The Kier molecular flexibility index (Phi) is 26.9. The summed E-state index contributed by atoms with van der Waals surface area (Å²) >= 11 is 4.72. The standard InChI is InChI=1S/C15H29N5O5.C7H8.C4H11N3.C4H6N2S/c1-10(2)17-7-12(21)18-8-13(22)20-11(5-3-4-6-16)15(25)19-9-14(23)24;1-7-5-3-2-4-6-7;1-2-3-7-4(5)6;1-3-2-5-4(7)6-3/h10-11,17H,3-9,16H2,1-2H3,(H,18,21)(H,19,25)(H,20,22)(H,23,24);2-6H,1H3;2-3H2,1H3,(H4,5,6,7);2H,1H3,(H2,5,6,7). The number of aliphatic imine (C=N–C) groups is 1. The molecule has 0 saturated carbocycles. The number of carbonyl (C=O) groups is 4. The third-order valence-corrected chi connectivity index (χ3v) is 5.54. The van der Waals surface area contributed by atoms with Gasteiger partial charge in [-0.2, -0.15) is 0 Å². The third-order valence-electron chi connectivity index (χ3n) is 5.32. The molecule has 2 rings (SSSR count). The average Bonchev–Trinajstić information content (AvgIpc) is 3.39. The Balaban J connectivity index is 0. The summed E-state index contributed by atoms with van der Waals surface area (Å²) in [6.45, 7) is 10.3. The number of H-pyrrole nitrogens is 2. The zero-order chi connectivity index (χ0) is 35.3. The molecule has 0 spiro atoms. The molecular formula is C30H54N10O5S. The summed E-state index contributed by atoms with van der Waals surface area (Å²) in [7, 11) is 0. The first kappa shape index (κ1) is 43.8. The molecule has 0 radical (unpaired) electrons. The molecule has 0 aliphatic heterocycles. The number of nitrogens with two attached hydrogens (primary N) is 3. The molecule has 0 saturated heterocycles. The van der Waals surface area contributed by atoms with Crippen molar-refractivity contribution in [2.75, 3.05) is 32.7 Å². The van der Waals surface area contributed by atoms with Gasteiger partial charge in [0, 0.05) is 24.5 Å². The molecule has 1 aromatic carbocycles. The van der Waals surface area contributed by atoms with Crippen molar-refractivity contribution in [1.82, 2.24) is 31.2 Å². The van der Waals surface area contributed by atoms with Gasteiger partial charge in [-0.3, -0.25) is 24.2 Å². The van der Waals surface area contributed by atoms with Crippen LogP contribution in [0, 0.1) is 18.6 Å². The van der Waals surface area contributed by atoms with E-state index in [4.69, 9.17) is 34.5 Å². The van der Waals surface area contributed by atoms with Gasteiger partial charge in [0.15, 0.2) is 10.7 Å². The minimum Gasteiger partial charge on any atom is -0.480 e. The number of amides is 3. The van der Waals surface area contributed by atoms with Crippen LogP contribution in [0.1, 0.15) is 57.7 Å². The average molecular weight is 667 g/mol. The molecule has 260 valence electrons. The number of rotatable bonds is 15. The van der Waals surface area contributed by atoms with Crippen LogP contribution in [-0.2, 0) is 19.2 Å². The summed E-state index contributed by atoms with van der Waals surface area (Å²) in [6.07, 6.45) is 4.44. The van der Waals surface area contributed by atoms with E-state index in [1.165, 1.54) is 5.56 Å². The Hall–Kier alpha value is -4.28. The van der Waals surface area contributed by atoms with Gasteiger partial charge in [-0.15, -0.1) is 0 Å². The van der Waals surface area contributed by atoms with Crippen LogP contribution in [0.2, 0.25) is 0 Å². The highest BCUT2D eigenvalue weighted by atomic mass is 32.1. The van der Waals surface area contributed by atoms with Crippen LogP contribution in [0.3, 0.4) is 0 Å². The molecule has 3 amide bonds. The van der Waals surface area contributed by atoms with Gasteiger partial charge >= 0.3 is 5.97 Å². The van der Waals surface area contributed by atoms with Crippen LogP contribution in [0.4, 0.5) is 0 Å². The van der Waals surface area contributed by atoms with Crippen molar-refractivity contribution in [2.24, 2.45) is 22.2 Å². The third kappa shape index (κ3) is 29.8. The number of carboxylic acid groups (broad SMARTS) is 1. The molecule has 15 nitrogen and oxygen atoms in total. The summed E-state index contributed by atoms with van der Waals surface area (Å²) in [5, 5.41) is 18.7. The fourth-order valence-corrected chi connectivity index (χ4v) is 3.25. The van der Waals surface area contributed by atoms with Gasteiger partial charge in [-0.1, -0.05) is 56.7 Å². The highest BCUT2D eigenvalue weighted by Crippen LogP contribution is 2.01. The molecule has 1 atom stereocenters. The summed E-state index contributed by atoms with van der Waals surface area (Å²) in [6, 6.07) is 9.53. The quantitative estimate of drug-likeness (QED) is 0.0557. The van der Waals surface area contributed by atoms with E-state index in [-0.39, 0.29) is 31.0 Å². The first-order chi connectivity index (χ1) is 21.7. The Morgan fingerprint density at radius 2 is 1.63 bits per heavy atom. The van der Waals surface area contributed by atoms with E-state index in [2.05, 4.69) is 55.3 Å². The zero-order valence-corrected chi connectivity index (χ0v) is 28.5. The van der Waals surface area contributed by atoms with Crippen molar-refractivity contribution in [2.45, 2.75) is 72.4 Å². The lowest BCUT2D eigenvalue weighted by Gasteiger charge is -2.18. The second-order valence-electron chi connectivity index (χ2n) is 10.2. The van der Waals surface area contributed by atoms with E-state index >= 15 is 0 Å². The number of unbranched alkanes of at least 4 members (excludes halogenated alkanes) is 1. The summed E-state index contributed by atoms with van der Waals surface area (Å²) in [5.74, 6) is -2.44. The molecule has 1 heterocycles. The molecule has 0 aliphatic rings. The highest BCUT2D eigenvalue weighted by Gasteiger charge is 2.21. The number of nitrogens with zero attached hydrogens (tertiary/aromatic N) is 1. The first-order valence-corrected chi connectivity index (χ1v) is 15.4. The molecule has 0 bridgehead atoms. The molecule has 0 fully saturated rings. The van der Waals surface area contributed by atoms with E-state index in [0.29, 0.717) is 30.6 Å². The van der Waals surface area contributed by atoms with Crippen molar-refractivity contribution in [3.8, 4) is 0 Å². The normalized spacial score (nSPS) is 10.3. The van der Waals surface area contributed by atoms with Gasteiger partial charge in [-0.05, 0) is 58.3 Å². The van der Waals surface area contributed by atoms with Crippen LogP contribution in [0.5, 0.6) is 0 Å². The number of imidazole rings is 1. The van der Waals surface area contributed by atoms with Crippen LogP contribution in [-0.4, -0.2) is 89.5 Å². The van der Waals surface area contributed by atoms with E-state index in [1.807, 2.05) is 52.1 Å². The highest BCUT2D eigenvalue weighted by molar-refractivity contribution is 7.71. The van der Waals surface area contributed by atoms with E-state index in [9.17, 15) is 19.2 Å². The maximum absolute atomic E-state index is 12.0. The van der Waals surface area contributed by atoms with Crippen molar-refractivity contribution in [3.63, 3.8) is 0 Å². The fraction of sp³-hybridized carbons (Fsp3) is 0.533. The number of hydrogen-bond acceptors (Lipinski definition) is 8. The van der Waals surface area contributed by atoms with Gasteiger partial charge in [0.05, 0.1) is 13.1 Å². The molecule has 1 unspecified atom stereocenters. The van der Waals surface area contributed by atoms with Crippen molar-refractivity contribution in [1.29, 1.82) is 0 Å². The van der Waals surface area contributed by atoms with Crippen molar-refractivity contribution in [3.05, 3.63) is 52.6 Å². The van der Waals surface area contributed by atoms with E-state index in [1.54, 1.807) is 0 Å². The topological polar surface area (TPSA) is 259 Å². The Bertz CT molecular complexity index is 1200. The van der Waals surface area contributed by atoms with Gasteiger partial charge in [0.2, 0.25) is 17.7 Å². The van der Waals surface area contributed by atoms with Crippen LogP contribution in [0.25, 0.3) is 0 Å². The van der Waals surface area contributed by atoms with Crippen molar-refractivity contribution < 1.29 is 24.3 Å². The molecule has 1 aromatic heterocycles. The maximum atomic E-state index is 12.0. The minimum atomic E-state index is -1.18. The van der Waals surface area contributed by atoms with E-state index in [0.717, 1.165) is 18.7 Å². The molecular weight excluding hydrogens is 612 g/mol. The first-order valence-electron chi connectivity index (χ1n) is 15.0. The van der Waals surface area contributed by atoms with Gasteiger partial charge in [-0.25, -0.2) is 0 Å². The predicted molar refractivity (Wildman–Crippen MR) is 184 cm³/mol. The molecule has 0 aliphatic carbocycles. The molecule has 46 heavy (non-hydrogen) atoms. The number of aromatic nitrogens is 2. The maximum Gasteiger partial charge on any atom is 0.322 e. The van der Waals surface area contributed by atoms with Crippen LogP contribution >= 0.6 is 12.2 Å². The predicted octanol–water partition coefficient (Wildman–Crippen LogP) is 0.961. The number of aliphatic carboxylic acids is 1. The van der Waals surface area contributed by atoms with Gasteiger partial charge in [0.1, 0.15) is 12.6 Å². The Morgan fingerprint density at radius 1 is 0.978 bits per heavy atom. The summed E-state index contributed by atoms with van der Waals surface area (Å²) in [4.78, 5) is 55.4. The monoisotopic (exact) mass is 666 g/mol. The fourth-order valence-electron chi connectivity index (χ4n) is 3.03. The van der Waals surface area contributed by atoms with Crippen molar-refractivity contribution >= 4 is 41.9 Å². The van der Waals surface area contributed by atoms with Gasteiger partial charge < -0.3 is 53.5 Å². The Labute approximate surface area is 277 Å². The van der Waals surface area contributed by atoms with E-state index < -0.39 is 30.4 Å². The number of aromatic amines is 2. The second kappa shape index (κ2) is 28.2. The number of hydrogen-bond donors (Lipinski definition) is 10. The smallest absolute Gasteiger partial charge is 0.322 e. The number of nitrogens with one attached hydrogen (secondary N) is 6. The lowest BCUT2D eigenvalue weighted by atomic mass is 10.1. The SMILES string of the molecule is CC(C)NCC(=O)NCC(=O)NC(CCCCN)C(=O)NCC(=O)O.CCCN=C(N)N.Cc1c[nH]c(=S)[nH]1.Cc1ccccc1. The largest absolute Gasteiger partial charge is 0.480 e. The number of carboxylic acids is 1. The minimum absolute atomic E-state index is 0.0873. The lowest BCUT2D eigenvalue weighted by Crippen LogP contribution is -2.50. The zero-order valence-electron chi connectivity index (χ0n) is 27.7.